The molecule has 20 rings (SSSR count). The van der Waals surface area contributed by atoms with Crippen molar-refractivity contribution >= 4 is 108 Å². The first-order valence-corrected chi connectivity index (χ1v) is 32.8. The van der Waals surface area contributed by atoms with Gasteiger partial charge < -0.3 is 8.83 Å². The number of thiophene rings is 1. The molecule has 1 aliphatic carbocycles. The molecule has 0 bridgehead atoms. The number of hydrogen-bond acceptors (Lipinski definition) is 6. The number of aromatic nitrogens is 3. The number of fused-ring (bicyclic) bond motifs is 15. The highest BCUT2D eigenvalue weighted by molar-refractivity contribution is 7.26. The smallest absolute Gasteiger partial charge is 0.161 e. The summed E-state index contributed by atoms with van der Waals surface area (Å²) in [5.41, 5.74) is 24.1. The van der Waals surface area contributed by atoms with Gasteiger partial charge in [-0.25, -0.2) is 15.0 Å². The van der Waals surface area contributed by atoms with Crippen LogP contribution in [-0.2, 0) is 6.42 Å². The molecule has 1 aliphatic rings. The maximum Gasteiger partial charge on any atom is 0.161 e. The van der Waals surface area contributed by atoms with Crippen LogP contribution in [0.1, 0.15) is 11.1 Å². The van der Waals surface area contributed by atoms with Gasteiger partial charge >= 0.3 is 0 Å². The minimum Gasteiger partial charge on any atom is -0.456 e. The number of para-hydroxylation sites is 2. The Hall–Kier alpha value is -12.1. The zero-order valence-corrected chi connectivity index (χ0v) is 51.5. The highest BCUT2D eigenvalue weighted by atomic mass is 32.1. The van der Waals surface area contributed by atoms with Crippen LogP contribution < -0.4 is 0 Å². The fraction of sp³-hybridized carbons (Fsp3) is 0.0114. The molecule has 0 amide bonds. The van der Waals surface area contributed by atoms with Crippen molar-refractivity contribution in [3.8, 4) is 89.7 Å². The van der Waals surface area contributed by atoms with Crippen molar-refractivity contribution in [1.29, 1.82) is 0 Å². The zero-order valence-electron chi connectivity index (χ0n) is 50.7. The van der Waals surface area contributed by atoms with Gasteiger partial charge in [0.15, 0.2) is 5.82 Å². The van der Waals surface area contributed by atoms with Gasteiger partial charge in [-0.15, -0.1) is 11.3 Å². The zero-order chi connectivity index (χ0) is 61.8. The molecule has 94 heavy (non-hydrogen) atoms. The Labute approximate surface area is 544 Å². The fourth-order valence-electron chi connectivity index (χ4n) is 14.8. The Bertz CT molecular complexity index is 6210. The number of hydrogen-bond donors (Lipinski definition) is 0. The molecule has 0 fully saturated rings. The second-order valence-corrected chi connectivity index (χ2v) is 25.4. The van der Waals surface area contributed by atoms with Gasteiger partial charge in [-0.3, -0.25) is 0 Å². The second kappa shape index (κ2) is 21.8. The molecule has 0 unspecified atom stereocenters. The van der Waals surface area contributed by atoms with Gasteiger partial charge in [0.25, 0.3) is 0 Å². The number of nitrogens with zero attached hydrogens (tertiary/aromatic N) is 3. The first-order valence-electron chi connectivity index (χ1n) is 31.9. The van der Waals surface area contributed by atoms with E-state index < -0.39 is 0 Å². The molecule has 0 saturated heterocycles. The van der Waals surface area contributed by atoms with E-state index in [2.05, 4.69) is 285 Å². The molecule has 0 atom stereocenters. The third-order valence-corrected chi connectivity index (χ3v) is 20.2. The van der Waals surface area contributed by atoms with Crippen LogP contribution in [0.2, 0.25) is 0 Å². The molecule has 0 N–H and O–H groups in total. The average Bonchev–Trinajstić information content (AvgIpc) is 1.51. The third kappa shape index (κ3) is 8.65. The summed E-state index contributed by atoms with van der Waals surface area (Å²) >= 11 is 1.84. The first kappa shape index (κ1) is 53.7. The number of benzene rings is 14. The predicted octanol–water partition coefficient (Wildman–Crippen LogP) is 24.4. The number of furan rings is 2. The topological polar surface area (TPSA) is 65.0 Å². The third-order valence-electron chi connectivity index (χ3n) is 19.0. The average molecular weight is 1220 g/mol. The van der Waals surface area contributed by atoms with E-state index in [1.807, 2.05) is 35.6 Å². The summed E-state index contributed by atoms with van der Waals surface area (Å²) in [4.78, 5) is 16.0. The summed E-state index contributed by atoms with van der Waals surface area (Å²) in [6.07, 6.45) is 0.995. The normalized spacial score (nSPS) is 12.0. The van der Waals surface area contributed by atoms with E-state index in [0.717, 1.165) is 128 Å². The quantitative estimate of drug-likeness (QED) is 0.159. The molecule has 6 heteroatoms. The van der Waals surface area contributed by atoms with Crippen LogP contribution >= 0.6 is 11.3 Å². The van der Waals surface area contributed by atoms with Gasteiger partial charge in [-0.1, -0.05) is 261 Å². The van der Waals surface area contributed by atoms with Gasteiger partial charge in [-0.2, -0.15) is 0 Å². The van der Waals surface area contributed by atoms with Crippen molar-refractivity contribution in [3.05, 3.63) is 321 Å². The molecule has 0 radical (unpaired) electrons. The Morgan fingerprint density at radius 3 is 1.53 bits per heavy atom. The molecular weight excluding hydrogens is 1160 g/mol. The van der Waals surface area contributed by atoms with Crippen molar-refractivity contribution < 1.29 is 8.83 Å². The van der Waals surface area contributed by atoms with Gasteiger partial charge in [0.1, 0.15) is 22.3 Å². The van der Waals surface area contributed by atoms with Crippen LogP contribution in [0.3, 0.4) is 0 Å². The molecule has 5 heterocycles. The molecule has 0 aliphatic heterocycles. The van der Waals surface area contributed by atoms with Crippen molar-refractivity contribution in [1.82, 2.24) is 15.0 Å². The molecule has 5 aromatic heterocycles. The van der Waals surface area contributed by atoms with Crippen LogP contribution in [0, 0.1) is 0 Å². The monoisotopic (exact) mass is 1220 g/mol. The number of pyridine rings is 1. The van der Waals surface area contributed by atoms with E-state index in [1.54, 1.807) is 0 Å². The van der Waals surface area contributed by atoms with Crippen molar-refractivity contribution in [2.45, 2.75) is 6.42 Å². The van der Waals surface area contributed by atoms with Crippen molar-refractivity contribution in [2.75, 3.05) is 0 Å². The Morgan fingerprint density at radius 1 is 0.277 bits per heavy atom. The summed E-state index contributed by atoms with van der Waals surface area (Å²) in [5, 5.41) is 12.7. The van der Waals surface area contributed by atoms with Gasteiger partial charge in [-0.05, 0) is 115 Å². The largest absolute Gasteiger partial charge is 0.456 e. The van der Waals surface area contributed by atoms with E-state index >= 15 is 0 Å². The van der Waals surface area contributed by atoms with Gasteiger partial charge in [0.05, 0.1) is 22.6 Å². The lowest BCUT2D eigenvalue weighted by atomic mass is 9.87. The Kier molecular flexibility index (Phi) is 12.5. The standard InChI is InChI=1S/C44H26N2OS.C44H27NO/c1-3-14-27(15-4-1)34-26-35(28-16-5-2-6-17-28)46-44(45-34)42-30-19-8-7-18-29(30)40(43-41(42)32-21-10-12-25-38(32)48-43)33-22-13-24-37-39(33)31-20-9-11-23-36(31)47-37;1-2-11-27(12-3-1)41-34-15-6-7-16-35(34)42(43-36-17-8-9-20-40(36)46-44(41)43)33-18-10-19-39-32(33)23-24-38(45-39)30-22-21-29-25-28-13-4-5-14-31(28)37(29)26-30/h1-26H;1-24,26H,25H2. The van der Waals surface area contributed by atoms with E-state index in [1.165, 1.54) is 75.3 Å². The molecule has 438 valence electrons. The summed E-state index contributed by atoms with van der Waals surface area (Å²) in [6, 6.07) is 109. The first-order chi connectivity index (χ1) is 46.6. The number of rotatable bonds is 7. The highest BCUT2D eigenvalue weighted by Gasteiger charge is 2.27. The minimum atomic E-state index is 0.721. The molecule has 0 spiro atoms. The van der Waals surface area contributed by atoms with Gasteiger partial charge in [0, 0.05) is 86.0 Å². The van der Waals surface area contributed by atoms with Gasteiger partial charge in [0.2, 0.25) is 0 Å². The summed E-state index contributed by atoms with van der Waals surface area (Å²) in [6.45, 7) is 0. The highest BCUT2D eigenvalue weighted by Crippen LogP contribution is 2.53. The van der Waals surface area contributed by atoms with E-state index in [4.69, 9.17) is 23.8 Å². The molecular formula is C88H53N3O2S. The summed E-state index contributed by atoms with van der Waals surface area (Å²) in [7, 11) is 0. The summed E-state index contributed by atoms with van der Waals surface area (Å²) < 4.78 is 15.6. The van der Waals surface area contributed by atoms with Crippen molar-refractivity contribution in [2.24, 2.45) is 0 Å². The predicted molar refractivity (Wildman–Crippen MR) is 393 cm³/mol. The minimum absolute atomic E-state index is 0.721. The van der Waals surface area contributed by atoms with Crippen LogP contribution in [0.4, 0.5) is 0 Å². The lowest BCUT2D eigenvalue weighted by Gasteiger charge is -2.16. The van der Waals surface area contributed by atoms with Crippen LogP contribution in [0.5, 0.6) is 0 Å². The Balaban J connectivity index is 0.000000134. The molecule has 14 aromatic carbocycles. The van der Waals surface area contributed by atoms with E-state index in [0.29, 0.717) is 0 Å². The van der Waals surface area contributed by atoms with Crippen LogP contribution in [0.15, 0.2) is 318 Å². The van der Waals surface area contributed by atoms with E-state index in [-0.39, 0.29) is 0 Å². The SMILES string of the molecule is c1ccc(-c2c3ccccc3c(-c3cccc4nc(-c5ccc6c(c5)-c5ccccc5C6)ccc34)c3c2oc2ccccc23)cc1.c1ccc(-c2cc(-c3ccccc3)nc(-c3c4ccccc4c(-c4cccc5oc6ccccc6c45)c4sc5ccccc5c34)n2)cc1. The van der Waals surface area contributed by atoms with Crippen molar-refractivity contribution in [3.63, 3.8) is 0 Å². The maximum atomic E-state index is 6.74. The van der Waals surface area contributed by atoms with Crippen LogP contribution in [-0.4, -0.2) is 15.0 Å². The summed E-state index contributed by atoms with van der Waals surface area (Å²) in [5.74, 6) is 0.721. The lowest BCUT2D eigenvalue weighted by Crippen LogP contribution is -1.98. The maximum absolute atomic E-state index is 6.74. The van der Waals surface area contributed by atoms with E-state index in [9.17, 15) is 0 Å². The fourth-order valence-corrected chi connectivity index (χ4v) is 16.1. The molecule has 19 aromatic rings. The second-order valence-electron chi connectivity index (χ2n) is 24.3. The molecule has 0 saturated carbocycles. The lowest BCUT2D eigenvalue weighted by molar-refractivity contribution is 0.669. The molecule has 5 nitrogen and oxygen atoms in total. The van der Waals surface area contributed by atoms with Crippen LogP contribution in [0.25, 0.3) is 186 Å². The Morgan fingerprint density at radius 2 is 0.809 bits per heavy atom.